The first-order valence-electron chi connectivity index (χ1n) is 12.6. The molecule has 4 aromatic rings. The average Bonchev–Trinajstić information content (AvgIpc) is 3.39. The largest absolute Gasteiger partial charge is 0.444 e. The van der Waals surface area contributed by atoms with Crippen molar-refractivity contribution in [3.05, 3.63) is 53.9 Å². The number of ether oxygens (including phenoxy) is 1. The van der Waals surface area contributed by atoms with Crippen molar-refractivity contribution < 1.29 is 18.7 Å². The van der Waals surface area contributed by atoms with Gasteiger partial charge in [0, 0.05) is 61.9 Å². The van der Waals surface area contributed by atoms with Gasteiger partial charge in [-0.1, -0.05) is 0 Å². The fourth-order valence-electron chi connectivity index (χ4n) is 4.85. The van der Waals surface area contributed by atoms with Crippen LogP contribution in [0.5, 0.6) is 0 Å². The number of rotatable bonds is 4. The van der Waals surface area contributed by atoms with E-state index in [4.69, 9.17) is 4.74 Å². The standard InChI is InChI=1S/C27H32FN7O3/c1-16-13-35-14-18(12-21(28)24(35)29-16)30-25(36)19-6-7-22(20-15-33(5)32-23(19)20)34-10-8-17(9-11-34)31-26(37)38-27(2,3)4/h6-7,12-15,17H,8-11H2,1-5H3,(H,30,36)(H,31,37). The summed E-state index contributed by atoms with van der Waals surface area (Å²) in [6.45, 7) is 8.78. The lowest BCUT2D eigenvalue weighted by atomic mass is 10.0. The Labute approximate surface area is 219 Å². The Morgan fingerprint density at radius 3 is 2.58 bits per heavy atom. The van der Waals surface area contributed by atoms with E-state index in [1.165, 1.54) is 6.07 Å². The number of anilines is 2. The van der Waals surface area contributed by atoms with Crippen LogP contribution in [0, 0.1) is 12.7 Å². The molecule has 11 heteroatoms. The van der Waals surface area contributed by atoms with Gasteiger partial charge >= 0.3 is 6.09 Å². The van der Waals surface area contributed by atoms with Crippen molar-refractivity contribution in [1.82, 2.24) is 24.5 Å². The zero-order valence-corrected chi connectivity index (χ0v) is 22.2. The summed E-state index contributed by atoms with van der Waals surface area (Å²) >= 11 is 0. The van der Waals surface area contributed by atoms with Crippen molar-refractivity contribution in [2.75, 3.05) is 23.3 Å². The summed E-state index contributed by atoms with van der Waals surface area (Å²) in [5.41, 5.74) is 2.62. The van der Waals surface area contributed by atoms with E-state index in [0.29, 0.717) is 22.5 Å². The number of nitrogens with one attached hydrogen (secondary N) is 2. The Hall–Kier alpha value is -4.15. The SMILES string of the molecule is Cc1cn2cc(NC(=O)c3ccc(N4CCC(NC(=O)OC(C)(C)C)CC4)c4cn(C)nc34)cc(F)c2n1. The van der Waals surface area contributed by atoms with E-state index < -0.39 is 17.5 Å². The summed E-state index contributed by atoms with van der Waals surface area (Å²) in [5.74, 6) is -0.894. The second-order valence-electron chi connectivity index (χ2n) is 10.7. The Kier molecular flexibility index (Phi) is 6.46. The summed E-state index contributed by atoms with van der Waals surface area (Å²) in [5, 5.41) is 11.2. The van der Waals surface area contributed by atoms with Crippen LogP contribution in [0.3, 0.4) is 0 Å². The molecule has 1 aromatic carbocycles. The predicted octanol–water partition coefficient (Wildman–Crippen LogP) is 4.41. The number of hydrogen-bond acceptors (Lipinski definition) is 6. The fraction of sp³-hybridized carbons (Fsp3) is 0.407. The van der Waals surface area contributed by atoms with Crippen molar-refractivity contribution >= 4 is 39.9 Å². The van der Waals surface area contributed by atoms with Crippen molar-refractivity contribution in [2.45, 2.75) is 52.2 Å². The quantitative estimate of drug-likeness (QED) is 0.412. The van der Waals surface area contributed by atoms with E-state index >= 15 is 0 Å². The van der Waals surface area contributed by atoms with E-state index in [0.717, 1.165) is 37.0 Å². The number of hydrogen-bond donors (Lipinski definition) is 2. The number of aromatic nitrogens is 4. The molecular formula is C27H32FN7O3. The zero-order chi connectivity index (χ0) is 27.2. The second-order valence-corrected chi connectivity index (χ2v) is 10.7. The highest BCUT2D eigenvalue weighted by molar-refractivity contribution is 6.13. The molecule has 0 unspecified atom stereocenters. The Morgan fingerprint density at radius 1 is 1.13 bits per heavy atom. The molecule has 0 atom stereocenters. The molecule has 200 valence electrons. The third-order valence-corrected chi connectivity index (χ3v) is 6.45. The minimum absolute atomic E-state index is 0.0348. The monoisotopic (exact) mass is 521 g/mol. The van der Waals surface area contributed by atoms with Crippen LogP contribution in [0.25, 0.3) is 16.6 Å². The number of pyridine rings is 1. The molecule has 0 radical (unpaired) electrons. The zero-order valence-electron chi connectivity index (χ0n) is 22.2. The number of halogens is 1. The number of benzene rings is 1. The lowest BCUT2D eigenvalue weighted by molar-refractivity contribution is 0.0497. The Bertz CT molecular complexity index is 1530. The van der Waals surface area contributed by atoms with Gasteiger partial charge < -0.3 is 24.7 Å². The van der Waals surface area contributed by atoms with Gasteiger partial charge in [-0.15, -0.1) is 0 Å². The molecular weight excluding hydrogens is 489 g/mol. The molecule has 10 nitrogen and oxygen atoms in total. The van der Waals surface area contributed by atoms with Gasteiger partial charge in [0.15, 0.2) is 11.5 Å². The Morgan fingerprint density at radius 2 is 1.87 bits per heavy atom. The molecule has 1 aliphatic heterocycles. The van der Waals surface area contributed by atoms with E-state index in [9.17, 15) is 14.0 Å². The molecule has 2 amide bonds. The van der Waals surface area contributed by atoms with Crippen LogP contribution in [-0.4, -0.2) is 55.9 Å². The highest BCUT2D eigenvalue weighted by Crippen LogP contribution is 2.31. The summed E-state index contributed by atoms with van der Waals surface area (Å²) in [7, 11) is 1.81. The number of carbonyl (C=O) groups is 2. The maximum absolute atomic E-state index is 14.5. The van der Waals surface area contributed by atoms with Crippen molar-refractivity contribution in [3.8, 4) is 0 Å². The van der Waals surface area contributed by atoms with E-state index in [1.54, 1.807) is 34.5 Å². The number of carbonyl (C=O) groups excluding carboxylic acids is 2. The van der Waals surface area contributed by atoms with Gasteiger partial charge in [-0.3, -0.25) is 9.48 Å². The average molecular weight is 522 g/mol. The lowest BCUT2D eigenvalue weighted by Crippen LogP contribution is -2.46. The van der Waals surface area contributed by atoms with Gasteiger partial charge in [-0.25, -0.2) is 14.2 Å². The van der Waals surface area contributed by atoms with Gasteiger partial charge in [0.1, 0.15) is 11.1 Å². The summed E-state index contributed by atoms with van der Waals surface area (Å²) in [4.78, 5) is 31.8. The summed E-state index contributed by atoms with van der Waals surface area (Å²) in [6.07, 6.45) is 6.37. The smallest absolute Gasteiger partial charge is 0.407 e. The molecule has 2 N–H and O–H groups in total. The minimum atomic E-state index is -0.538. The van der Waals surface area contributed by atoms with Crippen molar-refractivity contribution in [1.29, 1.82) is 0 Å². The van der Waals surface area contributed by atoms with Crippen LogP contribution in [0.2, 0.25) is 0 Å². The first-order chi connectivity index (χ1) is 18.0. The number of fused-ring (bicyclic) bond motifs is 2. The lowest BCUT2D eigenvalue weighted by Gasteiger charge is -2.34. The van der Waals surface area contributed by atoms with Crippen LogP contribution >= 0.6 is 0 Å². The molecule has 0 spiro atoms. The van der Waals surface area contributed by atoms with Crippen LogP contribution in [-0.2, 0) is 11.8 Å². The van der Waals surface area contributed by atoms with E-state index in [2.05, 4.69) is 25.6 Å². The molecule has 1 fully saturated rings. The maximum Gasteiger partial charge on any atom is 0.407 e. The fourth-order valence-corrected chi connectivity index (χ4v) is 4.85. The van der Waals surface area contributed by atoms with Gasteiger partial charge in [0.05, 0.1) is 16.9 Å². The highest BCUT2D eigenvalue weighted by Gasteiger charge is 2.26. The highest BCUT2D eigenvalue weighted by atomic mass is 19.1. The van der Waals surface area contributed by atoms with Crippen LogP contribution in [0.15, 0.2) is 36.8 Å². The van der Waals surface area contributed by atoms with Gasteiger partial charge in [0.2, 0.25) is 0 Å². The number of aryl methyl sites for hydroxylation is 2. The van der Waals surface area contributed by atoms with E-state index in [1.807, 2.05) is 40.1 Å². The predicted molar refractivity (Wildman–Crippen MR) is 143 cm³/mol. The molecule has 38 heavy (non-hydrogen) atoms. The molecule has 5 rings (SSSR count). The van der Waals surface area contributed by atoms with Gasteiger partial charge in [-0.2, -0.15) is 5.10 Å². The molecule has 0 bridgehead atoms. The van der Waals surface area contributed by atoms with Gasteiger partial charge in [-0.05, 0) is 52.7 Å². The van der Waals surface area contributed by atoms with Gasteiger partial charge in [0.25, 0.3) is 5.91 Å². The molecule has 1 saturated heterocycles. The maximum atomic E-state index is 14.5. The molecule has 0 saturated carbocycles. The van der Waals surface area contributed by atoms with Crippen molar-refractivity contribution in [2.24, 2.45) is 7.05 Å². The number of alkyl carbamates (subject to hydrolysis) is 1. The molecule has 0 aliphatic carbocycles. The third kappa shape index (κ3) is 5.27. The summed E-state index contributed by atoms with van der Waals surface area (Å²) in [6, 6.07) is 4.97. The Balaban J connectivity index is 1.33. The first-order valence-corrected chi connectivity index (χ1v) is 12.6. The summed E-state index contributed by atoms with van der Waals surface area (Å²) < 4.78 is 23.1. The molecule has 1 aliphatic rings. The topological polar surface area (TPSA) is 106 Å². The number of amides is 2. The van der Waals surface area contributed by atoms with Crippen molar-refractivity contribution in [3.63, 3.8) is 0 Å². The normalized spacial score (nSPS) is 14.7. The second kappa shape index (κ2) is 9.62. The molecule has 4 heterocycles. The third-order valence-electron chi connectivity index (χ3n) is 6.45. The number of imidazole rings is 1. The van der Waals surface area contributed by atoms with Crippen LogP contribution in [0.1, 0.15) is 49.7 Å². The number of nitrogens with zero attached hydrogens (tertiary/aromatic N) is 5. The van der Waals surface area contributed by atoms with E-state index in [-0.39, 0.29) is 17.6 Å². The number of piperidine rings is 1. The van der Waals surface area contributed by atoms with Crippen LogP contribution in [0.4, 0.5) is 20.6 Å². The van der Waals surface area contributed by atoms with Crippen LogP contribution < -0.4 is 15.5 Å². The minimum Gasteiger partial charge on any atom is -0.444 e. The first kappa shape index (κ1) is 25.5. The molecule has 3 aromatic heterocycles.